The van der Waals surface area contributed by atoms with Crippen molar-refractivity contribution < 1.29 is 9.53 Å². The molecule has 0 spiro atoms. The van der Waals surface area contributed by atoms with E-state index in [2.05, 4.69) is 5.32 Å². The molecular formula is C14H16Cl2N2O2. The Morgan fingerprint density at radius 1 is 1.40 bits per heavy atom. The third kappa shape index (κ3) is 2.79. The van der Waals surface area contributed by atoms with Gasteiger partial charge in [0.15, 0.2) is 0 Å². The first-order valence-electron chi connectivity index (χ1n) is 6.71. The number of carbonyl (C=O) groups is 1. The van der Waals surface area contributed by atoms with Crippen LogP contribution < -0.4 is 5.32 Å². The monoisotopic (exact) mass is 314 g/mol. The average Bonchev–Trinajstić information content (AvgIpc) is 2.91. The Labute approximate surface area is 128 Å². The summed E-state index contributed by atoms with van der Waals surface area (Å²) in [6, 6.07) is 5.34. The zero-order chi connectivity index (χ0) is 14.1. The maximum Gasteiger partial charge on any atom is 0.227 e. The molecule has 2 heterocycles. The van der Waals surface area contributed by atoms with Crippen LogP contribution in [0.15, 0.2) is 18.2 Å². The number of nitrogens with zero attached hydrogens (tertiary/aromatic N) is 1. The molecule has 0 aliphatic carbocycles. The van der Waals surface area contributed by atoms with E-state index in [0.29, 0.717) is 23.2 Å². The number of morpholine rings is 1. The van der Waals surface area contributed by atoms with Crippen molar-refractivity contribution in [2.24, 2.45) is 0 Å². The smallest absolute Gasteiger partial charge is 0.227 e. The number of hydrogen-bond donors (Lipinski definition) is 1. The summed E-state index contributed by atoms with van der Waals surface area (Å²) in [5, 5.41) is 4.44. The van der Waals surface area contributed by atoms with E-state index in [-0.39, 0.29) is 24.5 Å². The lowest BCUT2D eigenvalue weighted by molar-refractivity contribution is -0.142. The van der Waals surface area contributed by atoms with Crippen molar-refractivity contribution in [1.82, 2.24) is 10.2 Å². The van der Waals surface area contributed by atoms with Crippen LogP contribution in [0.25, 0.3) is 0 Å². The van der Waals surface area contributed by atoms with Crippen LogP contribution in [0.4, 0.5) is 0 Å². The fraction of sp³-hybridized carbons (Fsp3) is 0.500. The normalized spacial score (nSPS) is 25.6. The molecule has 108 valence electrons. The summed E-state index contributed by atoms with van der Waals surface area (Å²) < 4.78 is 5.67. The van der Waals surface area contributed by atoms with Gasteiger partial charge in [-0.15, -0.1) is 0 Å². The summed E-state index contributed by atoms with van der Waals surface area (Å²) in [5.41, 5.74) is 0.776. The first kappa shape index (κ1) is 14.1. The van der Waals surface area contributed by atoms with E-state index in [4.69, 9.17) is 27.9 Å². The SMILES string of the molecule is O=C(Cc1cc(Cl)ccc1Cl)N1CCO[C@H]2CNC[C@H]21. The molecule has 0 aromatic heterocycles. The molecule has 1 N–H and O–H groups in total. The predicted octanol–water partition coefficient (Wildman–Crippen LogP) is 1.74. The highest BCUT2D eigenvalue weighted by atomic mass is 35.5. The molecule has 1 aromatic carbocycles. The van der Waals surface area contributed by atoms with E-state index in [1.165, 1.54) is 0 Å². The van der Waals surface area contributed by atoms with Crippen LogP contribution in [0.3, 0.4) is 0 Å². The maximum absolute atomic E-state index is 12.5. The number of fused-ring (bicyclic) bond motifs is 1. The quantitative estimate of drug-likeness (QED) is 0.904. The van der Waals surface area contributed by atoms with Crippen LogP contribution in [0, 0.1) is 0 Å². The minimum atomic E-state index is 0.0798. The molecule has 20 heavy (non-hydrogen) atoms. The Morgan fingerprint density at radius 3 is 3.10 bits per heavy atom. The van der Waals surface area contributed by atoms with Crippen molar-refractivity contribution in [3.63, 3.8) is 0 Å². The number of ether oxygens (including phenoxy) is 1. The van der Waals surface area contributed by atoms with Crippen molar-refractivity contribution in [1.29, 1.82) is 0 Å². The molecule has 2 fully saturated rings. The summed E-state index contributed by atoms with van der Waals surface area (Å²) in [6.07, 6.45) is 0.394. The maximum atomic E-state index is 12.5. The van der Waals surface area contributed by atoms with Crippen LogP contribution in [0.1, 0.15) is 5.56 Å². The molecule has 4 nitrogen and oxygen atoms in total. The highest BCUT2D eigenvalue weighted by molar-refractivity contribution is 6.33. The van der Waals surface area contributed by atoms with Crippen LogP contribution in [0.5, 0.6) is 0 Å². The van der Waals surface area contributed by atoms with Crippen molar-refractivity contribution >= 4 is 29.1 Å². The largest absolute Gasteiger partial charge is 0.373 e. The lowest BCUT2D eigenvalue weighted by Crippen LogP contribution is -2.53. The van der Waals surface area contributed by atoms with Gasteiger partial charge in [-0.05, 0) is 23.8 Å². The summed E-state index contributed by atoms with van der Waals surface area (Å²) in [6.45, 7) is 2.84. The molecule has 2 saturated heterocycles. The highest BCUT2D eigenvalue weighted by Gasteiger charge is 2.38. The number of benzene rings is 1. The Morgan fingerprint density at radius 2 is 2.25 bits per heavy atom. The summed E-state index contributed by atoms with van der Waals surface area (Å²) in [7, 11) is 0. The van der Waals surface area contributed by atoms with E-state index < -0.39 is 0 Å². The average molecular weight is 315 g/mol. The molecule has 6 heteroatoms. The Bertz CT molecular complexity index is 524. The lowest BCUT2D eigenvalue weighted by Gasteiger charge is -2.37. The zero-order valence-electron chi connectivity index (χ0n) is 10.9. The molecule has 1 aromatic rings. The van der Waals surface area contributed by atoms with Gasteiger partial charge in [-0.1, -0.05) is 23.2 Å². The first-order valence-corrected chi connectivity index (χ1v) is 7.46. The van der Waals surface area contributed by atoms with Gasteiger partial charge in [0.25, 0.3) is 0 Å². The van der Waals surface area contributed by atoms with Crippen LogP contribution >= 0.6 is 23.2 Å². The van der Waals surface area contributed by atoms with Crippen LogP contribution in [0.2, 0.25) is 10.0 Å². The molecule has 0 saturated carbocycles. The van der Waals surface area contributed by atoms with E-state index in [1.54, 1.807) is 18.2 Å². The van der Waals surface area contributed by atoms with E-state index >= 15 is 0 Å². The minimum Gasteiger partial charge on any atom is -0.373 e. The van der Waals surface area contributed by atoms with Gasteiger partial charge in [-0.25, -0.2) is 0 Å². The van der Waals surface area contributed by atoms with Gasteiger partial charge < -0.3 is 15.0 Å². The summed E-state index contributed by atoms with van der Waals surface area (Å²) >= 11 is 12.1. The number of carbonyl (C=O) groups excluding carboxylic acids is 1. The third-order valence-electron chi connectivity index (χ3n) is 3.86. The van der Waals surface area contributed by atoms with Gasteiger partial charge in [-0.2, -0.15) is 0 Å². The fourth-order valence-electron chi connectivity index (χ4n) is 2.84. The number of rotatable bonds is 2. The molecule has 2 aliphatic heterocycles. The van der Waals surface area contributed by atoms with Gasteiger partial charge in [-0.3, -0.25) is 4.79 Å². The first-order chi connectivity index (χ1) is 9.65. The molecule has 1 amide bonds. The van der Waals surface area contributed by atoms with Gasteiger partial charge in [0, 0.05) is 29.7 Å². The van der Waals surface area contributed by atoms with Crippen LogP contribution in [-0.2, 0) is 16.0 Å². The van der Waals surface area contributed by atoms with E-state index in [0.717, 1.165) is 18.7 Å². The van der Waals surface area contributed by atoms with Crippen molar-refractivity contribution in [3.8, 4) is 0 Å². The molecule has 2 atom stereocenters. The third-order valence-corrected chi connectivity index (χ3v) is 4.47. The lowest BCUT2D eigenvalue weighted by atomic mass is 10.1. The van der Waals surface area contributed by atoms with Crippen molar-refractivity contribution in [2.45, 2.75) is 18.6 Å². The fourth-order valence-corrected chi connectivity index (χ4v) is 3.22. The molecule has 0 unspecified atom stereocenters. The molecule has 3 rings (SSSR count). The number of hydrogen-bond acceptors (Lipinski definition) is 3. The topological polar surface area (TPSA) is 41.6 Å². The molecular weight excluding hydrogens is 299 g/mol. The van der Waals surface area contributed by atoms with Crippen molar-refractivity contribution in [2.75, 3.05) is 26.2 Å². The molecule has 0 radical (unpaired) electrons. The standard InChI is InChI=1S/C14H16Cl2N2O2/c15-10-1-2-11(16)9(5-10)6-14(19)18-3-4-20-13-8-17-7-12(13)18/h1-2,5,12-13,17H,3-4,6-8H2/t12-,13+/m1/s1. The van der Waals surface area contributed by atoms with Crippen molar-refractivity contribution in [3.05, 3.63) is 33.8 Å². The second-order valence-electron chi connectivity index (χ2n) is 5.13. The minimum absolute atomic E-state index is 0.0798. The predicted molar refractivity (Wildman–Crippen MR) is 78.3 cm³/mol. The van der Waals surface area contributed by atoms with Gasteiger partial charge in [0.2, 0.25) is 5.91 Å². The summed E-state index contributed by atoms with van der Waals surface area (Å²) in [5.74, 6) is 0.0798. The molecule has 0 bridgehead atoms. The number of halogens is 2. The number of amides is 1. The zero-order valence-corrected chi connectivity index (χ0v) is 12.5. The Hall–Kier alpha value is -0.810. The number of nitrogens with one attached hydrogen (secondary N) is 1. The van der Waals surface area contributed by atoms with Gasteiger partial charge >= 0.3 is 0 Å². The van der Waals surface area contributed by atoms with E-state index in [1.807, 2.05) is 4.90 Å². The summed E-state index contributed by atoms with van der Waals surface area (Å²) in [4.78, 5) is 14.4. The Kier molecular flexibility index (Phi) is 4.17. The Balaban J connectivity index is 1.74. The van der Waals surface area contributed by atoms with Gasteiger partial charge in [0.05, 0.1) is 25.2 Å². The second kappa shape index (κ2) is 5.90. The second-order valence-corrected chi connectivity index (χ2v) is 5.98. The van der Waals surface area contributed by atoms with Gasteiger partial charge in [0.1, 0.15) is 0 Å². The van der Waals surface area contributed by atoms with E-state index in [9.17, 15) is 4.79 Å². The highest BCUT2D eigenvalue weighted by Crippen LogP contribution is 2.23. The molecule has 2 aliphatic rings. The van der Waals surface area contributed by atoms with Crippen LogP contribution in [-0.4, -0.2) is 49.2 Å².